The number of pyridine rings is 1. The highest BCUT2D eigenvalue weighted by molar-refractivity contribution is 5.79. The molecule has 1 aromatic heterocycles. The van der Waals surface area contributed by atoms with Crippen LogP contribution in [-0.4, -0.2) is 4.98 Å². The van der Waals surface area contributed by atoms with Gasteiger partial charge in [-0.3, -0.25) is 4.98 Å². The summed E-state index contributed by atoms with van der Waals surface area (Å²) < 4.78 is 0. The van der Waals surface area contributed by atoms with Crippen molar-refractivity contribution in [2.24, 2.45) is 0 Å². The van der Waals surface area contributed by atoms with E-state index in [-0.39, 0.29) is 0 Å². The highest BCUT2D eigenvalue weighted by Gasteiger charge is 2.10. The molecule has 1 aliphatic heterocycles. The van der Waals surface area contributed by atoms with Gasteiger partial charge in [0.25, 0.3) is 0 Å². The number of hydrogen-bond acceptors (Lipinski definition) is 2. The molecule has 0 saturated heterocycles. The Kier molecular flexibility index (Phi) is 1.83. The highest BCUT2D eigenvalue weighted by Crippen LogP contribution is 2.24. The van der Waals surface area contributed by atoms with Crippen LogP contribution in [0.15, 0.2) is 30.5 Å². The molecule has 1 aromatic carbocycles. The quantitative estimate of drug-likeness (QED) is 0.608. The average molecular weight is 208 g/mol. The van der Waals surface area contributed by atoms with E-state index in [1.807, 2.05) is 18.3 Å². The molecule has 0 amide bonds. The van der Waals surface area contributed by atoms with E-state index in [0.717, 1.165) is 27.5 Å². The SMILES string of the molecule is C=c1ncc(C)c2c1=Cc1ccccc1N2. The minimum Gasteiger partial charge on any atom is -0.354 e. The van der Waals surface area contributed by atoms with Gasteiger partial charge in [0.2, 0.25) is 0 Å². The second-order valence-corrected chi connectivity index (χ2v) is 4.03. The van der Waals surface area contributed by atoms with Gasteiger partial charge in [-0.15, -0.1) is 0 Å². The summed E-state index contributed by atoms with van der Waals surface area (Å²) in [6.07, 6.45) is 4.00. The van der Waals surface area contributed by atoms with Gasteiger partial charge in [0.05, 0.1) is 11.0 Å². The zero-order valence-corrected chi connectivity index (χ0v) is 9.12. The molecule has 2 aromatic rings. The van der Waals surface area contributed by atoms with Crippen molar-refractivity contribution in [3.05, 3.63) is 52.2 Å². The van der Waals surface area contributed by atoms with E-state index in [2.05, 4.69) is 42.0 Å². The zero-order valence-electron chi connectivity index (χ0n) is 9.12. The van der Waals surface area contributed by atoms with Gasteiger partial charge >= 0.3 is 0 Å². The van der Waals surface area contributed by atoms with E-state index in [1.54, 1.807) is 0 Å². The van der Waals surface area contributed by atoms with E-state index < -0.39 is 0 Å². The van der Waals surface area contributed by atoms with Crippen molar-refractivity contribution in [1.29, 1.82) is 0 Å². The molecule has 0 unspecified atom stereocenters. The lowest BCUT2D eigenvalue weighted by molar-refractivity contribution is 1.18. The van der Waals surface area contributed by atoms with Crippen molar-refractivity contribution in [2.45, 2.75) is 6.92 Å². The first kappa shape index (κ1) is 9.16. The monoisotopic (exact) mass is 208 g/mol. The summed E-state index contributed by atoms with van der Waals surface area (Å²) in [5, 5.41) is 5.36. The Morgan fingerprint density at radius 1 is 1.25 bits per heavy atom. The molecule has 0 radical (unpaired) electrons. The fourth-order valence-corrected chi connectivity index (χ4v) is 2.01. The van der Waals surface area contributed by atoms with Gasteiger partial charge < -0.3 is 5.32 Å². The van der Waals surface area contributed by atoms with Crippen molar-refractivity contribution in [3.8, 4) is 0 Å². The van der Waals surface area contributed by atoms with Crippen LogP contribution in [0.25, 0.3) is 12.7 Å². The maximum Gasteiger partial charge on any atom is 0.0651 e. The minimum atomic E-state index is 0.822. The molecular formula is C14H12N2. The molecule has 3 rings (SSSR count). The zero-order chi connectivity index (χ0) is 11.1. The second-order valence-electron chi connectivity index (χ2n) is 4.03. The summed E-state index contributed by atoms with van der Waals surface area (Å²) in [7, 11) is 0. The number of rotatable bonds is 0. The third-order valence-corrected chi connectivity index (χ3v) is 2.91. The lowest BCUT2D eigenvalue weighted by atomic mass is 10.0. The van der Waals surface area contributed by atoms with Gasteiger partial charge in [-0.2, -0.15) is 0 Å². The Labute approximate surface area is 94.0 Å². The third-order valence-electron chi connectivity index (χ3n) is 2.91. The number of aromatic nitrogens is 1. The number of aryl methyl sites for hydroxylation is 1. The predicted molar refractivity (Wildman–Crippen MR) is 67.0 cm³/mol. The van der Waals surface area contributed by atoms with Gasteiger partial charge in [0.15, 0.2) is 0 Å². The van der Waals surface area contributed by atoms with Crippen LogP contribution in [0.1, 0.15) is 11.1 Å². The van der Waals surface area contributed by atoms with Crippen molar-refractivity contribution in [3.63, 3.8) is 0 Å². The number of nitrogens with one attached hydrogen (secondary N) is 1. The molecule has 2 nitrogen and oxygen atoms in total. The Bertz CT molecular complexity index is 672. The Hall–Kier alpha value is -2.09. The predicted octanol–water partition coefficient (Wildman–Crippen LogP) is 1.69. The smallest absolute Gasteiger partial charge is 0.0651 e. The lowest BCUT2D eigenvalue weighted by Gasteiger charge is -2.17. The molecule has 1 aliphatic rings. The number of para-hydroxylation sites is 1. The molecule has 16 heavy (non-hydrogen) atoms. The molecule has 0 saturated carbocycles. The molecule has 0 aliphatic carbocycles. The molecule has 2 heteroatoms. The van der Waals surface area contributed by atoms with E-state index in [1.165, 1.54) is 5.56 Å². The van der Waals surface area contributed by atoms with Gasteiger partial charge in [-0.25, -0.2) is 0 Å². The van der Waals surface area contributed by atoms with Crippen LogP contribution < -0.4 is 15.9 Å². The number of anilines is 2. The van der Waals surface area contributed by atoms with E-state index in [4.69, 9.17) is 0 Å². The number of fused-ring (bicyclic) bond motifs is 2. The summed E-state index contributed by atoms with van der Waals surface area (Å²) in [6.45, 7) is 6.02. The summed E-state index contributed by atoms with van der Waals surface area (Å²) in [4.78, 5) is 4.28. The normalized spacial score (nSPS) is 12.1. The average Bonchev–Trinajstić information content (AvgIpc) is 2.32. The van der Waals surface area contributed by atoms with Crippen LogP contribution in [-0.2, 0) is 0 Å². The topological polar surface area (TPSA) is 24.9 Å². The number of nitrogens with zero attached hydrogens (tertiary/aromatic N) is 1. The maximum absolute atomic E-state index is 4.28. The first-order chi connectivity index (χ1) is 7.75. The molecule has 0 atom stereocenters. The summed E-state index contributed by atoms with van der Waals surface area (Å²) in [6, 6.07) is 8.24. The molecule has 0 spiro atoms. The van der Waals surface area contributed by atoms with E-state index >= 15 is 0 Å². The Balaban J connectivity index is 2.42. The summed E-state index contributed by atoms with van der Waals surface area (Å²) >= 11 is 0. The van der Waals surface area contributed by atoms with Crippen molar-refractivity contribution >= 4 is 24.0 Å². The molecule has 0 fully saturated rings. The van der Waals surface area contributed by atoms with Crippen LogP contribution in [0.2, 0.25) is 0 Å². The van der Waals surface area contributed by atoms with Gasteiger partial charge in [0, 0.05) is 17.1 Å². The largest absolute Gasteiger partial charge is 0.354 e. The number of benzene rings is 1. The van der Waals surface area contributed by atoms with Crippen LogP contribution in [0.5, 0.6) is 0 Å². The Morgan fingerprint density at radius 2 is 2.06 bits per heavy atom. The first-order valence-corrected chi connectivity index (χ1v) is 5.28. The van der Waals surface area contributed by atoms with Crippen LogP contribution in [0.4, 0.5) is 11.4 Å². The van der Waals surface area contributed by atoms with Gasteiger partial charge in [0.1, 0.15) is 0 Å². The van der Waals surface area contributed by atoms with Crippen molar-refractivity contribution in [2.75, 3.05) is 5.32 Å². The van der Waals surface area contributed by atoms with Gasteiger partial charge in [-0.1, -0.05) is 24.8 Å². The molecule has 2 heterocycles. The van der Waals surface area contributed by atoms with E-state index in [9.17, 15) is 0 Å². The molecule has 78 valence electrons. The maximum atomic E-state index is 4.28. The minimum absolute atomic E-state index is 0.822. The lowest BCUT2D eigenvalue weighted by Crippen LogP contribution is -2.32. The van der Waals surface area contributed by atoms with Crippen molar-refractivity contribution in [1.82, 2.24) is 4.98 Å². The van der Waals surface area contributed by atoms with Crippen LogP contribution in [0, 0.1) is 6.92 Å². The highest BCUT2D eigenvalue weighted by atomic mass is 14.9. The summed E-state index contributed by atoms with van der Waals surface area (Å²) in [5.74, 6) is 0. The fraction of sp³-hybridized carbons (Fsp3) is 0.0714. The van der Waals surface area contributed by atoms with Crippen molar-refractivity contribution < 1.29 is 0 Å². The summed E-state index contributed by atoms with van der Waals surface area (Å²) in [5.41, 5.74) is 4.60. The van der Waals surface area contributed by atoms with E-state index in [0.29, 0.717) is 0 Å². The molecule has 0 bridgehead atoms. The first-order valence-electron chi connectivity index (χ1n) is 5.28. The van der Waals surface area contributed by atoms with Crippen LogP contribution >= 0.6 is 0 Å². The van der Waals surface area contributed by atoms with Gasteiger partial charge in [-0.05, 0) is 30.2 Å². The van der Waals surface area contributed by atoms with Crippen LogP contribution in [0.3, 0.4) is 0 Å². The Morgan fingerprint density at radius 3 is 2.94 bits per heavy atom. The second kappa shape index (κ2) is 3.20. The third kappa shape index (κ3) is 1.23. The molecular weight excluding hydrogens is 196 g/mol. The number of hydrogen-bond donors (Lipinski definition) is 1. The molecule has 1 N–H and O–H groups in total. The standard InChI is InChI=1S/C14H12N2/c1-9-8-15-10(2)12-7-11-5-3-4-6-13(11)16-14(9)12/h3-8,16H,2H2,1H3. The fourth-order valence-electron chi connectivity index (χ4n) is 2.01.